The van der Waals surface area contributed by atoms with Crippen LogP contribution in [0.3, 0.4) is 0 Å². The normalized spacial score (nSPS) is 25.8. The SMILES string of the molecule is C=CCOC1CC(n2cc(I)c(=O)[nH]c2=O)OC1CO. The first-order valence-corrected chi connectivity index (χ1v) is 7.14. The minimum absolute atomic E-state index is 0.201. The van der Waals surface area contributed by atoms with Crippen LogP contribution in [-0.4, -0.2) is 40.1 Å². The summed E-state index contributed by atoms with van der Waals surface area (Å²) in [4.78, 5) is 25.4. The van der Waals surface area contributed by atoms with Gasteiger partial charge in [0.05, 0.1) is 22.9 Å². The van der Waals surface area contributed by atoms with Crippen LogP contribution in [0.25, 0.3) is 0 Å². The maximum atomic E-state index is 11.8. The number of nitrogens with one attached hydrogen (secondary N) is 1. The molecule has 8 heteroatoms. The van der Waals surface area contributed by atoms with E-state index >= 15 is 0 Å². The number of rotatable bonds is 5. The molecule has 0 amide bonds. The van der Waals surface area contributed by atoms with Crippen LogP contribution in [0.5, 0.6) is 0 Å². The Morgan fingerprint density at radius 1 is 1.65 bits per heavy atom. The highest BCUT2D eigenvalue weighted by Gasteiger charge is 2.37. The van der Waals surface area contributed by atoms with Gasteiger partial charge >= 0.3 is 5.69 Å². The van der Waals surface area contributed by atoms with Crippen LogP contribution in [0.2, 0.25) is 0 Å². The smallest absolute Gasteiger partial charge is 0.330 e. The van der Waals surface area contributed by atoms with Gasteiger partial charge in [0.25, 0.3) is 5.56 Å². The third kappa shape index (κ3) is 3.19. The lowest BCUT2D eigenvalue weighted by Crippen LogP contribution is -2.33. The van der Waals surface area contributed by atoms with E-state index in [1.165, 1.54) is 10.8 Å². The highest BCUT2D eigenvalue weighted by molar-refractivity contribution is 14.1. The largest absolute Gasteiger partial charge is 0.394 e. The molecule has 7 nitrogen and oxygen atoms in total. The second-order valence-corrected chi connectivity index (χ2v) is 5.51. The van der Waals surface area contributed by atoms with E-state index in [-0.39, 0.29) is 12.7 Å². The summed E-state index contributed by atoms with van der Waals surface area (Å²) in [6, 6.07) is 0. The van der Waals surface area contributed by atoms with Crippen molar-refractivity contribution in [3.63, 3.8) is 0 Å². The molecule has 0 spiro atoms. The Bertz CT molecular complexity index is 596. The fraction of sp³-hybridized carbons (Fsp3) is 0.500. The van der Waals surface area contributed by atoms with E-state index in [9.17, 15) is 14.7 Å². The monoisotopic (exact) mass is 394 g/mol. The molecular formula is C12H15IN2O5. The molecule has 1 fully saturated rings. The van der Waals surface area contributed by atoms with E-state index in [4.69, 9.17) is 9.47 Å². The summed E-state index contributed by atoms with van der Waals surface area (Å²) in [6.45, 7) is 3.70. The van der Waals surface area contributed by atoms with Crippen molar-refractivity contribution in [1.82, 2.24) is 9.55 Å². The lowest BCUT2D eigenvalue weighted by atomic mass is 10.2. The van der Waals surface area contributed by atoms with E-state index in [1.54, 1.807) is 6.08 Å². The van der Waals surface area contributed by atoms with Gasteiger partial charge in [-0.3, -0.25) is 14.3 Å². The van der Waals surface area contributed by atoms with Gasteiger partial charge in [0.2, 0.25) is 0 Å². The summed E-state index contributed by atoms with van der Waals surface area (Å²) in [7, 11) is 0. The molecular weight excluding hydrogens is 379 g/mol. The van der Waals surface area contributed by atoms with Crippen LogP contribution in [0, 0.1) is 3.57 Å². The van der Waals surface area contributed by atoms with Gasteiger partial charge in [0, 0.05) is 12.6 Å². The van der Waals surface area contributed by atoms with Crippen LogP contribution < -0.4 is 11.2 Å². The third-order valence-corrected chi connectivity index (χ3v) is 3.79. The number of nitrogens with zero attached hydrogens (tertiary/aromatic N) is 1. The first-order valence-electron chi connectivity index (χ1n) is 6.06. The molecule has 0 saturated carbocycles. The zero-order valence-electron chi connectivity index (χ0n) is 10.6. The van der Waals surface area contributed by atoms with Crippen molar-refractivity contribution in [2.24, 2.45) is 0 Å². The van der Waals surface area contributed by atoms with Gasteiger partial charge in [-0.15, -0.1) is 6.58 Å². The Balaban J connectivity index is 2.22. The second-order valence-electron chi connectivity index (χ2n) is 4.35. The number of aliphatic hydroxyl groups excluding tert-OH is 1. The highest BCUT2D eigenvalue weighted by atomic mass is 127. The van der Waals surface area contributed by atoms with Crippen molar-refractivity contribution >= 4 is 22.6 Å². The summed E-state index contributed by atoms with van der Waals surface area (Å²) in [5.41, 5.74) is -0.968. The number of hydrogen-bond acceptors (Lipinski definition) is 5. The highest BCUT2D eigenvalue weighted by Crippen LogP contribution is 2.29. The summed E-state index contributed by atoms with van der Waals surface area (Å²) in [6.07, 6.45) is 2.07. The van der Waals surface area contributed by atoms with E-state index in [0.717, 1.165) is 0 Å². The van der Waals surface area contributed by atoms with Gasteiger partial charge < -0.3 is 14.6 Å². The Morgan fingerprint density at radius 2 is 2.40 bits per heavy atom. The molecule has 3 atom stereocenters. The summed E-state index contributed by atoms with van der Waals surface area (Å²) in [5, 5.41) is 9.29. The van der Waals surface area contributed by atoms with E-state index in [1.807, 2.05) is 22.6 Å². The molecule has 1 aliphatic heterocycles. The first kappa shape index (κ1) is 15.4. The standard InChI is InChI=1S/C12H15IN2O5/c1-2-3-19-8-4-10(20-9(8)6-16)15-5-7(13)11(17)14-12(15)18/h2,5,8-10,16H,1,3-4,6H2,(H,14,17,18). The minimum Gasteiger partial charge on any atom is -0.394 e. The number of hydrogen-bond donors (Lipinski definition) is 2. The van der Waals surface area contributed by atoms with Crippen LogP contribution in [-0.2, 0) is 9.47 Å². The lowest BCUT2D eigenvalue weighted by Gasteiger charge is -2.15. The van der Waals surface area contributed by atoms with Gasteiger partial charge in [-0.25, -0.2) is 4.79 Å². The first-order chi connectivity index (χ1) is 9.56. The molecule has 0 radical (unpaired) electrons. The van der Waals surface area contributed by atoms with Gasteiger partial charge in [-0.2, -0.15) is 0 Å². The van der Waals surface area contributed by atoms with Crippen molar-refractivity contribution in [2.75, 3.05) is 13.2 Å². The Hall–Kier alpha value is -0.970. The molecule has 110 valence electrons. The van der Waals surface area contributed by atoms with E-state index in [0.29, 0.717) is 16.6 Å². The summed E-state index contributed by atoms with van der Waals surface area (Å²) < 4.78 is 12.8. The summed E-state index contributed by atoms with van der Waals surface area (Å²) >= 11 is 1.84. The Morgan fingerprint density at radius 3 is 3.05 bits per heavy atom. The predicted molar refractivity (Wildman–Crippen MR) is 79.6 cm³/mol. The molecule has 2 rings (SSSR count). The molecule has 0 bridgehead atoms. The number of aromatic nitrogens is 2. The molecule has 0 aromatic carbocycles. The molecule has 1 aliphatic rings. The molecule has 3 unspecified atom stereocenters. The molecule has 2 N–H and O–H groups in total. The Labute approximate surface area is 128 Å². The maximum absolute atomic E-state index is 11.8. The molecule has 1 aromatic heterocycles. The zero-order valence-corrected chi connectivity index (χ0v) is 12.8. The molecule has 1 aromatic rings. The van der Waals surface area contributed by atoms with Gasteiger partial charge in [0.15, 0.2) is 0 Å². The quantitative estimate of drug-likeness (QED) is 0.542. The zero-order chi connectivity index (χ0) is 14.7. The lowest BCUT2D eigenvalue weighted by molar-refractivity contribution is -0.0582. The van der Waals surface area contributed by atoms with Crippen molar-refractivity contribution < 1.29 is 14.6 Å². The average Bonchev–Trinajstić information content (AvgIpc) is 2.83. The predicted octanol–water partition coefficient (Wildman–Crippen LogP) is -0.00780. The molecule has 1 saturated heterocycles. The fourth-order valence-electron chi connectivity index (χ4n) is 2.08. The second kappa shape index (κ2) is 6.66. The molecule has 2 heterocycles. The van der Waals surface area contributed by atoms with Gasteiger partial charge in [-0.1, -0.05) is 6.08 Å². The van der Waals surface area contributed by atoms with Crippen LogP contribution in [0.15, 0.2) is 28.4 Å². The number of ether oxygens (including phenoxy) is 2. The number of aliphatic hydroxyl groups is 1. The van der Waals surface area contributed by atoms with Crippen molar-refractivity contribution in [2.45, 2.75) is 24.9 Å². The van der Waals surface area contributed by atoms with Crippen molar-refractivity contribution in [3.8, 4) is 0 Å². The third-order valence-electron chi connectivity index (χ3n) is 3.02. The molecule has 0 aliphatic carbocycles. The average molecular weight is 394 g/mol. The van der Waals surface area contributed by atoms with Crippen LogP contribution in [0.4, 0.5) is 0 Å². The van der Waals surface area contributed by atoms with Crippen molar-refractivity contribution in [3.05, 3.63) is 43.3 Å². The number of halogens is 1. The summed E-state index contributed by atoms with van der Waals surface area (Å²) in [5.74, 6) is 0. The number of aromatic amines is 1. The topological polar surface area (TPSA) is 93.6 Å². The number of H-pyrrole nitrogens is 1. The van der Waals surface area contributed by atoms with Crippen LogP contribution in [0.1, 0.15) is 12.6 Å². The van der Waals surface area contributed by atoms with Crippen LogP contribution >= 0.6 is 22.6 Å². The Kier molecular flexibility index (Phi) is 5.13. The minimum atomic E-state index is -0.570. The molecule has 20 heavy (non-hydrogen) atoms. The maximum Gasteiger partial charge on any atom is 0.330 e. The fourth-order valence-corrected chi connectivity index (χ4v) is 2.51. The van der Waals surface area contributed by atoms with E-state index < -0.39 is 23.6 Å². The van der Waals surface area contributed by atoms with Crippen molar-refractivity contribution in [1.29, 1.82) is 0 Å². The van der Waals surface area contributed by atoms with Gasteiger partial charge in [0.1, 0.15) is 12.3 Å². The van der Waals surface area contributed by atoms with Gasteiger partial charge in [-0.05, 0) is 22.6 Å². The van der Waals surface area contributed by atoms with E-state index in [2.05, 4.69) is 11.6 Å².